The average Bonchev–Trinajstić information content (AvgIpc) is 2.76. The Balaban J connectivity index is 1.87. The zero-order valence-corrected chi connectivity index (χ0v) is 18.2. The first-order valence-corrected chi connectivity index (χ1v) is 10.6. The molecule has 0 saturated carbocycles. The van der Waals surface area contributed by atoms with Crippen molar-refractivity contribution in [3.63, 3.8) is 0 Å². The molecule has 0 aliphatic rings. The van der Waals surface area contributed by atoms with Crippen molar-refractivity contribution in [1.29, 1.82) is 0 Å². The van der Waals surface area contributed by atoms with E-state index in [0.29, 0.717) is 11.3 Å². The van der Waals surface area contributed by atoms with Crippen LogP contribution in [0.1, 0.15) is 43.1 Å². The second-order valence-electron chi connectivity index (χ2n) is 8.15. The average molecular weight is 420 g/mol. The standard InChI is InChI=1S/C26H29NO4/c1-17(2)23(26(29)30)27-25(28)22-16-15-20-11-7-8-12-21(20)24(22)31-18(3)13-14-19-9-5-4-6-10-19/h4-12,15-18,23H,13-14H2,1-3H3,(H,27,28)(H,29,30)/t18-,23?/m0/s1. The Hall–Kier alpha value is -3.34. The molecule has 1 unspecified atom stereocenters. The molecule has 0 aromatic heterocycles. The summed E-state index contributed by atoms with van der Waals surface area (Å²) in [6.45, 7) is 5.52. The summed E-state index contributed by atoms with van der Waals surface area (Å²) >= 11 is 0. The molecule has 0 aliphatic heterocycles. The van der Waals surface area contributed by atoms with Gasteiger partial charge in [0, 0.05) is 5.39 Å². The molecule has 0 saturated heterocycles. The summed E-state index contributed by atoms with van der Waals surface area (Å²) in [4.78, 5) is 24.6. The van der Waals surface area contributed by atoms with E-state index in [9.17, 15) is 14.7 Å². The molecular weight excluding hydrogens is 390 g/mol. The maximum absolute atomic E-state index is 13.0. The van der Waals surface area contributed by atoms with Gasteiger partial charge in [0.15, 0.2) is 0 Å². The van der Waals surface area contributed by atoms with Crippen molar-refractivity contribution in [2.75, 3.05) is 0 Å². The number of nitrogens with one attached hydrogen (secondary N) is 1. The molecule has 3 rings (SSSR count). The van der Waals surface area contributed by atoms with Gasteiger partial charge in [-0.1, -0.05) is 74.5 Å². The molecule has 3 aromatic carbocycles. The molecule has 0 fully saturated rings. The lowest BCUT2D eigenvalue weighted by atomic mass is 10.0. The number of fused-ring (bicyclic) bond motifs is 1. The molecule has 0 spiro atoms. The molecule has 0 aliphatic carbocycles. The number of carbonyl (C=O) groups excluding carboxylic acids is 1. The molecule has 5 heteroatoms. The summed E-state index contributed by atoms with van der Waals surface area (Å²) in [5.74, 6) is -1.25. The summed E-state index contributed by atoms with van der Waals surface area (Å²) in [6, 6.07) is 20.5. The van der Waals surface area contributed by atoms with Gasteiger partial charge in [-0.15, -0.1) is 0 Å². The first kappa shape index (κ1) is 22.3. The quantitative estimate of drug-likeness (QED) is 0.507. The second-order valence-corrected chi connectivity index (χ2v) is 8.15. The lowest BCUT2D eigenvalue weighted by Gasteiger charge is -2.22. The predicted molar refractivity (Wildman–Crippen MR) is 123 cm³/mol. The van der Waals surface area contributed by atoms with Gasteiger partial charge >= 0.3 is 5.97 Å². The largest absolute Gasteiger partial charge is 0.489 e. The van der Waals surface area contributed by atoms with Gasteiger partial charge in [-0.3, -0.25) is 4.79 Å². The summed E-state index contributed by atoms with van der Waals surface area (Å²) in [6.07, 6.45) is 1.53. The fraction of sp³-hybridized carbons (Fsp3) is 0.308. The van der Waals surface area contributed by atoms with Crippen molar-refractivity contribution < 1.29 is 19.4 Å². The van der Waals surface area contributed by atoms with Crippen LogP contribution in [0.15, 0.2) is 66.7 Å². The van der Waals surface area contributed by atoms with E-state index in [1.165, 1.54) is 5.56 Å². The monoisotopic (exact) mass is 419 g/mol. The van der Waals surface area contributed by atoms with Crippen molar-refractivity contribution in [3.8, 4) is 5.75 Å². The van der Waals surface area contributed by atoms with Crippen molar-refractivity contribution in [3.05, 3.63) is 77.9 Å². The molecule has 0 bridgehead atoms. The van der Waals surface area contributed by atoms with Crippen LogP contribution in [-0.4, -0.2) is 29.1 Å². The Labute approximate surface area is 183 Å². The van der Waals surface area contributed by atoms with E-state index >= 15 is 0 Å². The van der Waals surface area contributed by atoms with E-state index < -0.39 is 17.9 Å². The van der Waals surface area contributed by atoms with Crippen molar-refractivity contribution >= 4 is 22.6 Å². The third kappa shape index (κ3) is 5.63. The van der Waals surface area contributed by atoms with Crippen molar-refractivity contribution in [1.82, 2.24) is 5.32 Å². The topological polar surface area (TPSA) is 75.6 Å². The minimum Gasteiger partial charge on any atom is -0.489 e. The number of carbonyl (C=O) groups is 2. The normalized spacial score (nSPS) is 13.0. The zero-order chi connectivity index (χ0) is 22.4. The first-order valence-electron chi connectivity index (χ1n) is 10.6. The number of benzene rings is 3. The fourth-order valence-corrected chi connectivity index (χ4v) is 3.56. The van der Waals surface area contributed by atoms with Crippen molar-refractivity contribution in [2.45, 2.75) is 45.8 Å². The molecule has 2 atom stereocenters. The number of aliphatic carboxylic acids is 1. The molecule has 162 valence electrons. The van der Waals surface area contributed by atoms with E-state index in [-0.39, 0.29) is 12.0 Å². The molecule has 31 heavy (non-hydrogen) atoms. The number of amides is 1. The van der Waals surface area contributed by atoms with E-state index in [0.717, 1.165) is 23.6 Å². The Morgan fingerprint density at radius 1 is 0.935 bits per heavy atom. The Kier molecular flexibility index (Phi) is 7.29. The number of hydrogen-bond acceptors (Lipinski definition) is 3. The molecule has 1 amide bonds. The molecule has 0 heterocycles. The molecule has 2 N–H and O–H groups in total. The Bertz CT molecular complexity index is 1050. The molecule has 0 radical (unpaired) electrons. The van der Waals surface area contributed by atoms with Crippen LogP contribution in [0.25, 0.3) is 10.8 Å². The van der Waals surface area contributed by atoms with Gasteiger partial charge in [-0.2, -0.15) is 0 Å². The van der Waals surface area contributed by atoms with Gasteiger partial charge in [0.2, 0.25) is 0 Å². The number of carboxylic acid groups (broad SMARTS) is 1. The molecular formula is C26H29NO4. The second kappa shape index (κ2) is 10.1. The number of ether oxygens (including phenoxy) is 1. The van der Waals surface area contributed by atoms with Gasteiger partial charge < -0.3 is 15.2 Å². The highest BCUT2D eigenvalue weighted by atomic mass is 16.5. The highest BCUT2D eigenvalue weighted by Crippen LogP contribution is 2.31. The van der Waals surface area contributed by atoms with Gasteiger partial charge in [0.25, 0.3) is 5.91 Å². The van der Waals surface area contributed by atoms with E-state index in [1.54, 1.807) is 19.9 Å². The van der Waals surface area contributed by atoms with Gasteiger partial charge in [-0.25, -0.2) is 4.79 Å². The van der Waals surface area contributed by atoms with Crippen LogP contribution in [0.4, 0.5) is 0 Å². The van der Waals surface area contributed by atoms with E-state index in [4.69, 9.17) is 4.74 Å². The van der Waals surface area contributed by atoms with Gasteiger partial charge in [0.1, 0.15) is 11.8 Å². The van der Waals surface area contributed by atoms with Crippen LogP contribution >= 0.6 is 0 Å². The summed E-state index contributed by atoms with van der Waals surface area (Å²) < 4.78 is 6.30. The number of aryl methyl sites for hydroxylation is 1. The fourth-order valence-electron chi connectivity index (χ4n) is 3.56. The minimum atomic E-state index is -1.05. The van der Waals surface area contributed by atoms with Crippen LogP contribution in [-0.2, 0) is 11.2 Å². The maximum atomic E-state index is 13.0. The highest BCUT2D eigenvalue weighted by Gasteiger charge is 2.26. The summed E-state index contributed by atoms with van der Waals surface area (Å²) in [5, 5.41) is 13.9. The lowest BCUT2D eigenvalue weighted by molar-refractivity contribution is -0.140. The summed E-state index contributed by atoms with van der Waals surface area (Å²) in [5.41, 5.74) is 1.58. The highest BCUT2D eigenvalue weighted by molar-refractivity contribution is 6.04. The smallest absolute Gasteiger partial charge is 0.326 e. The zero-order valence-electron chi connectivity index (χ0n) is 18.2. The molecule has 5 nitrogen and oxygen atoms in total. The van der Waals surface area contributed by atoms with Crippen LogP contribution in [0.2, 0.25) is 0 Å². The van der Waals surface area contributed by atoms with E-state index in [1.807, 2.05) is 55.5 Å². The number of hydrogen-bond donors (Lipinski definition) is 2. The van der Waals surface area contributed by atoms with Crippen molar-refractivity contribution in [2.24, 2.45) is 5.92 Å². The van der Waals surface area contributed by atoms with Gasteiger partial charge in [-0.05, 0) is 42.7 Å². The lowest BCUT2D eigenvalue weighted by Crippen LogP contribution is -2.44. The third-order valence-corrected chi connectivity index (χ3v) is 5.34. The number of rotatable bonds is 9. The predicted octanol–water partition coefficient (Wildman–Crippen LogP) is 5.08. The Morgan fingerprint density at radius 3 is 2.29 bits per heavy atom. The van der Waals surface area contributed by atoms with Crippen LogP contribution in [0.5, 0.6) is 5.75 Å². The van der Waals surface area contributed by atoms with Gasteiger partial charge in [0.05, 0.1) is 11.7 Å². The van der Waals surface area contributed by atoms with E-state index in [2.05, 4.69) is 17.4 Å². The summed E-state index contributed by atoms with van der Waals surface area (Å²) in [7, 11) is 0. The van der Waals surface area contributed by atoms with Crippen LogP contribution in [0, 0.1) is 5.92 Å². The van der Waals surface area contributed by atoms with Crippen LogP contribution in [0.3, 0.4) is 0 Å². The SMILES string of the molecule is CC(C)C(NC(=O)c1ccc2ccccc2c1O[C@@H](C)CCc1ccccc1)C(=O)O. The maximum Gasteiger partial charge on any atom is 0.326 e. The third-order valence-electron chi connectivity index (χ3n) is 5.34. The van der Waals surface area contributed by atoms with Crippen LogP contribution < -0.4 is 10.1 Å². The number of carboxylic acids is 1. The minimum absolute atomic E-state index is 0.127. The Morgan fingerprint density at radius 2 is 1.61 bits per heavy atom. The molecule has 3 aromatic rings. The first-order chi connectivity index (χ1) is 14.9.